The van der Waals surface area contributed by atoms with Gasteiger partial charge in [0.2, 0.25) is 9.92 Å². The van der Waals surface area contributed by atoms with Crippen LogP contribution in [0.4, 0.5) is 0 Å². The maximum absolute atomic E-state index is 5.45. The van der Waals surface area contributed by atoms with Gasteiger partial charge in [0.1, 0.15) is 0 Å². The molecule has 1 N–H and O–H groups in total. The lowest BCUT2D eigenvalue weighted by Crippen LogP contribution is -2.26. The fraction of sp³-hybridized carbons (Fsp3) is 1.00. The normalized spacial score (nSPS) is 12.0. The van der Waals surface area contributed by atoms with E-state index in [4.69, 9.17) is 4.43 Å². The largest absolute Gasteiger partial charge is 0.409 e. The average molecular weight is 175 g/mol. The van der Waals surface area contributed by atoms with Gasteiger partial charge >= 0.3 is 0 Å². The minimum Gasteiger partial charge on any atom is -0.409 e. The third kappa shape index (κ3) is 10.1. The van der Waals surface area contributed by atoms with Crippen LogP contribution in [0.3, 0.4) is 0 Å². The van der Waals surface area contributed by atoms with Crippen molar-refractivity contribution in [2.75, 3.05) is 13.2 Å². The van der Waals surface area contributed by atoms with E-state index >= 15 is 0 Å². The van der Waals surface area contributed by atoms with Crippen LogP contribution in [0.2, 0.25) is 0 Å². The molecule has 0 aromatic heterocycles. The van der Waals surface area contributed by atoms with Gasteiger partial charge in [0.15, 0.2) is 0 Å². The Morgan fingerprint density at radius 3 is 2.73 bits per heavy atom. The van der Waals surface area contributed by atoms with E-state index in [1.807, 2.05) is 0 Å². The van der Waals surface area contributed by atoms with Gasteiger partial charge in [-0.3, -0.25) is 0 Å². The Kier molecular flexibility index (Phi) is 8.34. The first-order chi connectivity index (χ1) is 5.27. The van der Waals surface area contributed by atoms with E-state index < -0.39 is 9.92 Å². The van der Waals surface area contributed by atoms with Crippen molar-refractivity contribution in [2.45, 2.75) is 33.6 Å². The number of hydrogen-bond donors (Lipinski definition) is 1. The van der Waals surface area contributed by atoms with Gasteiger partial charge in [-0.05, 0) is 18.9 Å². The first-order valence-corrected chi connectivity index (χ1v) is 5.84. The third-order valence-electron chi connectivity index (χ3n) is 1.40. The summed E-state index contributed by atoms with van der Waals surface area (Å²) in [6.07, 6.45) is 2.44. The van der Waals surface area contributed by atoms with E-state index in [1.54, 1.807) is 0 Å². The van der Waals surface area contributed by atoms with Crippen LogP contribution in [0.1, 0.15) is 33.6 Å². The second-order valence-electron chi connectivity index (χ2n) is 3.25. The first-order valence-electron chi connectivity index (χ1n) is 4.55. The van der Waals surface area contributed by atoms with Crippen molar-refractivity contribution in [1.82, 2.24) is 4.98 Å². The average Bonchev–Trinajstić information content (AvgIpc) is 1.96. The van der Waals surface area contributed by atoms with E-state index in [0.717, 1.165) is 19.1 Å². The molecule has 0 unspecified atom stereocenters. The van der Waals surface area contributed by atoms with Crippen LogP contribution in [0, 0.1) is 5.92 Å². The molecular weight excluding hydrogens is 154 g/mol. The molecule has 0 amide bonds. The summed E-state index contributed by atoms with van der Waals surface area (Å²) in [5, 5.41) is 0. The second-order valence-corrected chi connectivity index (χ2v) is 4.45. The number of nitrogens with one attached hydrogen (secondary N) is 1. The standard InChI is InChI=1S/C8H21NOSi/c1-4-5-6-10-11-9-7-8(2)3/h8-9H,4-7,11H2,1-3H3. The fourth-order valence-corrected chi connectivity index (χ4v) is 1.93. The van der Waals surface area contributed by atoms with Crippen LogP contribution in [0.5, 0.6) is 0 Å². The predicted molar refractivity (Wildman–Crippen MR) is 52.2 cm³/mol. The lowest BCUT2D eigenvalue weighted by molar-refractivity contribution is 0.318. The number of hydrogen-bond acceptors (Lipinski definition) is 2. The smallest absolute Gasteiger partial charge is 0.235 e. The summed E-state index contributed by atoms with van der Waals surface area (Å²) in [4.78, 5) is 3.36. The van der Waals surface area contributed by atoms with E-state index in [1.165, 1.54) is 12.8 Å². The zero-order chi connectivity index (χ0) is 8.53. The quantitative estimate of drug-likeness (QED) is 0.461. The molecule has 0 aromatic rings. The molecule has 0 heterocycles. The van der Waals surface area contributed by atoms with E-state index in [9.17, 15) is 0 Å². The van der Waals surface area contributed by atoms with Crippen LogP contribution in [-0.4, -0.2) is 23.1 Å². The molecule has 0 saturated heterocycles. The lowest BCUT2D eigenvalue weighted by Gasteiger charge is -2.06. The van der Waals surface area contributed by atoms with Crippen molar-refractivity contribution >= 4 is 9.92 Å². The summed E-state index contributed by atoms with van der Waals surface area (Å²) < 4.78 is 5.45. The molecule has 0 rings (SSSR count). The highest BCUT2D eigenvalue weighted by Crippen LogP contribution is 1.87. The van der Waals surface area contributed by atoms with Crippen molar-refractivity contribution in [3.05, 3.63) is 0 Å². The summed E-state index contributed by atoms with van der Waals surface area (Å²) in [6, 6.07) is 0. The summed E-state index contributed by atoms with van der Waals surface area (Å²) in [7, 11) is -0.402. The van der Waals surface area contributed by atoms with Crippen LogP contribution in [0.25, 0.3) is 0 Å². The minimum absolute atomic E-state index is 0.402. The Bertz CT molecular complexity index is 78.5. The Hall–Kier alpha value is 0.137. The number of rotatable bonds is 7. The molecule has 0 spiro atoms. The Morgan fingerprint density at radius 2 is 2.18 bits per heavy atom. The number of unbranched alkanes of at least 4 members (excludes halogenated alkanes) is 1. The van der Waals surface area contributed by atoms with E-state index in [2.05, 4.69) is 25.8 Å². The summed E-state index contributed by atoms with van der Waals surface area (Å²) in [5.41, 5.74) is 0. The Morgan fingerprint density at radius 1 is 1.45 bits per heavy atom. The fourth-order valence-electron chi connectivity index (χ4n) is 0.738. The highest BCUT2D eigenvalue weighted by atomic mass is 28.2. The molecule has 0 bridgehead atoms. The summed E-state index contributed by atoms with van der Waals surface area (Å²) >= 11 is 0. The molecule has 2 nitrogen and oxygen atoms in total. The molecule has 0 aliphatic rings. The zero-order valence-corrected chi connectivity index (χ0v) is 9.44. The molecule has 3 heteroatoms. The van der Waals surface area contributed by atoms with Crippen LogP contribution >= 0.6 is 0 Å². The van der Waals surface area contributed by atoms with Crippen molar-refractivity contribution in [3.8, 4) is 0 Å². The molecule has 11 heavy (non-hydrogen) atoms. The van der Waals surface area contributed by atoms with E-state index in [-0.39, 0.29) is 0 Å². The van der Waals surface area contributed by atoms with Gasteiger partial charge < -0.3 is 9.41 Å². The van der Waals surface area contributed by atoms with Gasteiger partial charge in [-0.25, -0.2) is 0 Å². The van der Waals surface area contributed by atoms with Crippen molar-refractivity contribution in [2.24, 2.45) is 5.92 Å². The first kappa shape index (κ1) is 11.1. The van der Waals surface area contributed by atoms with Crippen LogP contribution in [-0.2, 0) is 4.43 Å². The zero-order valence-electron chi connectivity index (χ0n) is 8.02. The van der Waals surface area contributed by atoms with E-state index in [0.29, 0.717) is 0 Å². The van der Waals surface area contributed by atoms with Crippen LogP contribution < -0.4 is 4.98 Å². The van der Waals surface area contributed by atoms with Crippen molar-refractivity contribution in [3.63, 3.8) is 0 Å². The van der Waals surface area contributed by atoms with Crippen molar-refractivity contribution in [1.29, 1.82) is 0 Å². The van der Waals surface area contributed by atoms with Gasteiger partial charge in [-0.15, -0.1) is 0 Å². The molecule has 0 aliphatic carbocycles. The van der Waals surface area contributed by atoms with Gasteiger partial charge in [-0.2, -0.15) is 0 Å². The molecule has 0 fully saturated rings. The second kappa shape index (κ2) is 8.24. The monoisotopic (exact) mass is 175 g/mol. The van der Waals surface area contributed by atoms with Gasteiger partial charge in [0.25, 0.3) is 0 Å². The minimum atomic E-state index is -0.402. The highest BCUT2D eigenvalue weighted by Gasteiger charge is 1.92. The van der Waals surface area contributed by atoms with Crippen LogP contribution in [0.15, 0.2) is 0 Å². The molecule has 0 saturated carbocycles. The Balaban J connectivity index is 2.80. The van der Waals surface area contributed by atoms with Gasteiger partial charge in [0, 0.05) is 6.61 Å². The maximum atomic E-state index is 5.45. The summed E-state index contributed by atoms with van der Waals surface area (Å²) in [5.74, 6) is 0.747. The highest BCUT2D eigenvalue weighted by molar-refractivity contribution is 6.23. The topological polar surface area (TPSA) is 21.3 Å². The van der Waals surface area contributed by atoms with Crippen molar-refractivity contribution < 1.29 is 4.43 Å². The summed E-state index contributed by atoms with van der Waals surface area (Å²) in [6.45, 7) is 8.68. The third-order valence-corrected chi connectivity index (χ3v) is 2.38. The molecule has 0 aliphatic heterocycles. The van der Waals surface area contributed by atoms with Gasteiger partial charge in [-0.1, -0.05) is 27.2 Å². The lowest BCUT2D eigenvalue weighted by atomic mass is 10.2. The van der Waals surface area contributed by atoms with Gasteiger partial charge in [0.05, 0.1) is 0 Å². The molecular formula is C8H21NOSi. The molecule has 0 atom stereocenters. The predicted octanol–water partition coefficient (Wildman–Crippen LogP) is 1.05. The SMILES string of the molecule is CCCCO[SiH2]NCC(C)C. The molecule has 68 valence electrons. The Labute approximate surface area is 72.7 Å². The maximum Gasteiger partial charge on any atom is 0.235 e. The molecule has 0 aromatic carbocycles. The molecule has 0 radical (unpaired) electrons.